The van der Waals surface area contributed by atoms with E-state index in [0.717, 1.165) is 50.4 Å². The van der Waals surface area contributed by atoms with Gasteiger partial charge in [-0.15, -0.1) is 23.1 Å². The Hall–Kier alpha value is -4.02. The quantitative estimate of drug-likeness (QED) is 0.0707. The Morgan fingerprint density at radius 2 is 1.31 bits per heavy atom. The molecule has 1 saturated heterocycles. The second-order valence-electron chi connectivity index (χ2n) is 13.5. The third-order valence-electron chi connectivity index (χ3n) is 8.09. The topological polar surface area (TPSA) is 76.2 Å². The number of carbonyl (C=O) groups is 2. The average molecular weight is 743 g/mol. The minimum absolute atomic E-state index is 0.139. The lowest BCUT2D eigenvalue weighted by molar-refractivity contribution is -0.00430. The van der Waals surface area contributed by atoms with Crippen molar-refractivity contribution in [1.29, 1.82) is 0 Å². The Bertz CT molecular complexity index is 1850. The fourth-order valence-corrected chi connectivity index (χ4v) is 6.70. The molecule has 7 nitrogen and oxygen atoms in total. The number of thioether (sulfide) groups is 1. The van der Waals surface area contributed by atoms with Crippen LogP contribution in [-0.2, 0) is 9.47 Å². The third-order valence-corrected chi connectivity index (χ3v) is 9.98. The zero-order valence-electron chi connectivity index (χ0n) is 32.1. The monoisotopic (exact) mass is 742 g/mol. The molecule has 0 radical (unpaired) electrons. The minimum atomic E-state index is -0.468. The van der Waals surface area contributed by atoms with Gasteiger partial charge >= 0.3 is 5.97 Å². The van der Waals surface area contributed by atoms with E-state index in [2.05, 4.69) is 25.7 Å². The summed E-state index contributed by atoms with van der Waals surface area (Å²) in [5.41, 5.74) is 2.12. The van der Waals surface area contributed by atoms with E-state index in [1.54, 1.807) is 42.2 Å². The molecular weight excluding hydrogens is 689 g/mol. The van der Waals surface area contributed by atoms with Gasteiger partial charge < -0.3 is 14.4 Å². The van der Waals surface area contributed by atoms with Crippen LogP contribution in [0.1, 0.15) is 62.3 Å². The largest absolute Gasteiger partial charge is 0.462 e. The molecule has 1 aromatic heterocycles. The van der Waals surface area contributed by atoms with Crippen molar-refractivity contribution in [2.45, 2.75) is 52.0 Å². The Morgan fingerprint density at radius 3 is 1.77 bits per heavy atom. The first-order valence-corrected chi connectivity index (χ1v) is 19.7. The van der Waals surface area contributed by atoms with Crippen molar-refractivity contribution >= 4 is 60.7 Å². The molecule has 1 aliphatic heterocycles. The highest BCUT2D eigenvalue weighted by Crippen LogP contribution is 2.25. The van der Waals surface area contributed by atoms with Gasteiger partial charge in [-0.3, -0.25) is 14.5 Å². The fraction of sp³-hybridized carbons (Fsp3) is 0.372. The first-order chi connectivity index (χ1) is 24.8. The van der Waals surface area contributed by atoms with E-state index in [4.69, 9.17) is 9.47 Å². The number of benzene rings is 4. The molecule has 0 aliphatic carbocycles. The van der Waals surface area contributed by atoms with Crippen LogP contribution in [0, 0.1) is 5.92 Å². The van der Waals surface area contributed by atoms with E-state index in [0.29, 0.717) is 25.4 Å². The smallest absolute Gasteiger partial charge is 0.338 e. The van der Waals surface area contributed by atoms with Crippen LogP contribution in [0.4, 0.5) is 5.69 Å². The lowest BCUT2D eigenvalue weighted by Crippen LogP contribution is -2.54. The van der Waals surface area contributed by atoms with Crippen molar-refractivity contribution in [3.8, 4) is 0 Å². The number of ether oxygens (including phenoxy) is 2. The van der Waals surface area contributed by atoms with Crippen LogP contribution in [0.15, 0.2) is 107 Å². The lowest BCUT2D eigenvalue weighted by atomic mass is 9.91. The molecule has 52 heavy (non-hydrogen) atoms. The van der Waals surface area contributed by atoms with E-state index in [9.17, 15) is 14.4 Å². The van der Waals surface area contributed by atoms with Gasteiger partial charge in [0.15, 0.2) is 11.2 Å². The second kappa shape index (κ2) is 20.9. The van der Waals surface area contributed by atoms with Crippen LogP contribution in [0.25, 0.3) is 20.2 Å². The summed E-state index contributed by atoms with van der Waals surface area (Å²) in [5, 5.41) is 1.64. The van der Waals surface area contributed by atoms with Crippen LogP contribution in [-0.4, -0.2) is 75.5 Å². The van der Waals surface area contributed by atoms with Gasteiger partial charge in [0.05, 0.1) is 30.9 Å². The van der Waals surface area contributed by atoms with Gasteiger partial charge in [-0.2, -0.15) is 0 Å². The van der Waals surface area contributed by atoms with Gasteiger partial charge in [0.1, 0.15) is 0 Å². The summed E-state index contributed by atoms with van der Waals surface area (Å²) in [5.74, 6) is 0.750. The van der Waals surface area contributed by atoms with Crippen molar-refractivity contribution < 1.29 is 19.1 Å². The summed E-state index contributed by atoms with van der Waals surface area (Å²) >= 11 is 3.35. The first kappa shape index (κ1) is 42.4. The van der Waals surface area contributed by atoms with Gasteiger partial charge in [0, 0.05) is 63.5 Å². The number of hydrogen-bond acceptors (Lipinski definition) is 9. The van der Waals surface area contributed by atoms with Crippen molar-refractivity contribution in [2.75, 3.05) is 58.2 Å². The molecule has 0 spiro atoms. The molecule has 1 aliphatic rings. The normalized spacial score (nSPS) is 12.8. The predicted octanol–water partition coefficient (Wildman–Crippen LogP) is 9.71. The van der Waals surface area contributed by atoms with Crippen molar-refractivity contribution in [3.63, 3.8) is 0 Å². The molecular formula is C43H54N2O5S2. The lowest BCUT2D eigenvalue weighted by Gasteiger charge is -2.39. The van der Waals surface area contributed by atoms with Crippen LogP contribution in [0.3, 0.4) is 0 Å². The summed E-state index contributed by atoms with van der Waals surface area (Å²) < 4.78 is 12.3. The van der Waals surface area contributed by atoms with Crippen LogP contribution < -0.4 is 10.3 Å². The molecule has 0 unspecified atom stereocenters. The molecule has 2 heterocycles. The maximum absolute atomic E-state index is 12.7. The van der Waals surface area contributed by atoms with E-state index in [-0.39, 0.29) is 17.2 Å². The summed E-state index contributed by atoms with van der Waals surface area (Å²) in [7, 11) is 3.92. The number of ketones is 1. The Morgan fingerprint density at radius 1 is 0.827 bits per heavy atom. The predicted molar refractivity (Wildman–Crippen MR) is 222 cm³/mol. The van der Waals surface area contributed by atoms with Crippen molar-refractivity contribution in [2.24, 2.45) is 5.92 Å². The number of nitrogens with zero attached hydrogens (tertiary/aromatic N) is 2. The number of anilines is 1. The fourth-order valence-electron chi connectivity index (χ4n) is 5.22. The highest BCUT2D eigenvalue weighted by Gasteiger charge is 2.35. The zero-order chi connectivity index (χ0) is 38.3. The number of morpholine rings is 1. The molecule has 278 valence electrons. The number of hydrogen-bond donors (Lipinski definition) is 0. The summed E-state index contributed by atoms with van der Waals surface area (Å²) in [6, 6.07) is 30.7. The molecule has 0 bridgehead atoms. The molecule has 6 rings (SSSR count). The number of carbonyl (C=O) groups excluding carboxylic acids is 2. The summed E-state index contributed by atoms with van der Waals surface area (Å²) in [4.78, 5) is 41.4. The van der Waals surface area contributed by atoms with Gasteiger partial charge in [0.2, 0.25) is 0 Å². The van der Waals surface area contributed by atoms with E-state index < -0.39 is 5.54 Å². The van der Waals surface area contributed by atoms with Crippen molar-refractivity contribution in [3.05, 3.63) is 118 Å². The number of Topliss-reactive ketones (excluding diaryl/α,β-unsaturated/α-hetero) is 1. The van der Waals surface area contributed by atoms with E-state index in [1.807, 2.05) is 124 Å². The first-order valence-electron chi connectivity index (χ1n) is 17.7. The molecule has 0 saturated carbocycles. The average Bonchev–Trinajstić information content (AvgIpc) is 3.15. The summed E-state index contributed by atoms with van der Waals surface area (Å²) in [6.45, 7) is 15.8. The SMILES string of the molecule is CC(C)C.CCOC(=O)c1ccc(N(C)C)cc1.CSc1ccc(C(=O)C(C)(C)N2CCOCC2)cc1.O=c1c2ccccc2sc2ccccc12. The number of rotatable bonds is 7. The number of fused-ring (bicyclic) bond motifs is 2. The number of esters is 1. The van der Waals surface area contributed by atoms with E-state index in [1.165, 1.54) is 4.90 Å². The highest BCUT2D eigenvalue weighted by molar-refractivity contribution is 7.98. The van der Waals surface area contributed by atoms with E-state index >= 15 is 0 Å². The highest BCUT2D eigenvalue weighted by atomic mass is 32.2. The Labute approximate surface area is 317 Å². The maximum Gasteiger partial charge on any atom is 0.338 e. The molecule has 4 aromatic carbocycles. The van der Waals surface area contributed by atoms with Gasteiger partial charge in [-0.05, 0) is 93.6 Å². The third kappa shape index (κ3) is 12.3. The Balaban J connectivity index is 0.000000202. The molecule has 0 atom stereocenters. The van der Waals surface area contributed by atoms with Crippen molar-refractivity contribution in [1.82, 2.24) is 4.90 Å². The minimum Gasteiger partial charge on any atom is -0.462 e. The molecule has 1 fully saturated rings. The Kier molecular flexibility index (Phi) is 17.0. The van der Waals surface area contributed by atoms with Gasteiger partial charge in [-0.25, -0.2) is 4.79 Å². The summed E-state index contributed by atoms with van der Waals surface area (Å²) in [6.07, 6.45) is 2.04. The standard InChI is InChI=1S/C15H21NO2S.C13H8OS.C11H15NO2.C4H10/c1-15(2,16-8-10-18-11-9-16)14(17)12-4-6-13(19-3)7-5-12;14-13-9-5-1-3-7-11(9)15-12-8-4-2-6-10(12)13;1-4-14-11(13)9-5-7-10(8-6-9)12(2)3;1-4(2)3/h4-7H,8-11H2,1-3H3;1-8H;5-8H,4H2,1-3H3;4H,1-3H3. The van der Waals surface area contributed by atoms with Gasteiger partial charge in [-0.1, -0.05) is 57.2 Å². The molecule has 5 aromatic rings. The van der Waals surface area contributed by atoms with Crippen LogP contribution >= 0.6 is 23.1 Å². The zero-order valence-corrected chi connectivity index (χ0v) is 33.7. The van der Waals surface area contributed by atoms with Crippen LogP contribution in [0.5, 0.6) is 0 Å². The van der Waals surface area contributed by atoms with Gasteiger partial charge in [0.25, 0.3) is 0 Å². The second-order valence-corrected chi connectivity index (χ2v) is 15.5. The maximum atomic E-state index is 12.7. The molecule has 0 amide bonds. The molecule has 9 heteroatoms. The van der Waals surface area contributed by atoms with Crippen LogP contribution in [0.2, 0.25) is 0 Å². The molecule has 0 N–H and O–H groups in total.